The minimum atomic E-state index is -0.430. The van der Waals surface area contributed by atoms with Gasteiger partial charge in [-0.15, -0.1) is 5.10 Å². The molecule has 0 bridgehead atoms. The Labute approximate surface area is 114 Å². The number of nitrogens with one attached hydrogen (secondary N) is 1. The zero-order valence-corrected chi connectivity index (χ0v) is 10.7. The molecule has 8 heteroatoms. The Morgan fingerprint density at radius 2 is 2.32 bits per heavy atom. The molecule has 0 radical (unpaired) electrons. The Hall–Kier alpha value is -1.99. The van der Waals surface area contributed by atoms with Gasteiger partial charge in [0.1, 0.15) is 0 Å². The molecule has 0 saturated carbocycles. The summed E-state index contributed by atoms with van der Waals surface area (Å²) in [5, 5.41) is 21.9. The summed E-state index contributed by atoms with van der Waals surface area (Å²) in [4.78, 5) is 10.5. The maximum Gasteiger partial charge on any atom is 0.275 e. The quantitative estimate of drug-likeness (QED) is 0.494. The Balaban J connectivity index is 1.90. The van der Waals surface area contributed by atoms with Crippen molar-refractivity contribution in [2.24, 2.45) is 0 Å². The van der Waals surface area contributed by atoms with E-state index in [1.165, 1.54) is 6.07 Å². The van der Waals surface area contributed by atoms with Crippen molar-refractivity contribution >= 4 is 17.3 Å². The zero-order chi connectivity index (χ0) is 13.7. The van der Waals surface area contributed by atoms with Gasteiger partial charge in [0.05, 0.1) is 17.7 Å². The van der Waals surface area contributed by atoms with Gasteiger partial charge in [0.2, 0.25) is 0 Å². The third kappa shape index (κ3) is 3.73. The standard InChI is InChI=1S/C11H12ClN5O2/c12-10-2-1-9(11(7-10)17(18)19)8-13-3-5-16-6-4-14-15-16/h1-2,4,6-7,13H,3,5,8H2. The molecule has 0 aliphatic rings. The highest BCUT2D eigenvalue weighted by molar-refractivity contribution is 6.30. The van der Waals surface area contributed by atoms with Crippen LogP contribution in [0, 0.1) is 10.1 Å². The summed E-state index contributed by atoms with van der Waals surface area (Å²) in [6, 6.07) is 4.65. The second-order valence-electron chi connectivity index (χ2n) is 3.87. The number of nitrogens with zero attached hydrogens (tertiary/aromatic N) is 4. The molecule has 19 heavy (non-hydrogen) atoms. The first-order valence-electron chi connectivity index (χ1n) is 5.64. The summed E-state index contributed by atoms with van der Waals surface area (Å²) in [6.45, 7) is 1.70. The second kappa shape index (κ2) is 6.26. The molecule has 1 aromatic heterocycles. The number of aromatic nitrogens is 3. The lowest BCUT2D eigenvalue weighted by molar-refractivity contribution is -0.385. The minimum Gasteiger partial charge on any atom is -0.311 e. The van der Waals surface area contributed by atoms with Crippen molar-refractivity contribution in [3.63, 3.8) is 0 Å². The van der Waals surface area contributed by atoms with Crippen molar-refractivity contribution in [3.8, 4) is 0 Å². The average molecular weight is 282 g/mol. The third-order valence-electron chi connectivity index (χ3n) is 2.55. The smallest absolute Gasteiger partial charge is 0.275 e. The molecule has 0 fully saturated rings. The summed E-state index contributed by atoms with van der Waals surface area (Å²) in [6.07, 6.45) is 3.36. The lowest BCUT2D eigenvalue weighted by Crippen LogP contribution is -2.20. The summed E-state index contributed by atoms with van der Waals surface area (Å²) in [5.74, 6) is 0. The van der Waals surface area contributed by atoms with Crippen LogP contribution < -0.4 is 5.32 Å². The van der Waals surface area contributed by atoms with Crippen molar-refractivity contribution in [3.05, 3.63) is 51.3 Å². The predicted molar refractivity (Wildman–Crippen MR) is 69.8 cm³/mol. The van der Waals surface area contributed by atoms with E-state index in [0.29, 0.717) is 30.2 Å². The molecule has 0 saturated heterocycles. The highest BCUT2D eigenvalue weighted by Gasteiger charge is 2.13. The fraction of sp³-hybridized carbons (Fsp3) is 0.273. The van der Waals surface area contributed by atoms with Crippen LogP contribution in [-0.2, 0) is 13.1 Å². The summed E-state index contributed by atoms with van der Waals surface area (Å²) in [7, 11) is 0. The first-order chi connectivity index (χ1) is 9.16. The molecule has 100 valence electrons. The van der Waals surface area contributed by atoms with Crippen LogP contribution in [0.2, 0.25) is 5.02 Å². The molecule has 2 rings (SSSR count). The van der Waals surface area contributed by atoms with Gasteiger partial charge in [-0.05, 0) is 12.1 Å². The molecule has 0 aliphatic carbocycles. The number of nitro groups is 1. The lowest BCUT2D eigenvalue weighted by atomic mass is 10.2. The van der Waals surface area contributed by atoms with Gasteiger partial charge in [0.15, 0.2) is 0 Å². The molecular weight excluding hydrogens is 270 g/mol. The van der Waals surface area contributed by atoms with Crippen LogP contribution in [-0.4, -0.2) is 26.5 Å². The molecule has 0 spiro atoms. The van der Waals surface area contributed by atoms with E-state index >= 15 is 0 Å². The summed E-state index contributed by atoms with van der Waals surface area (Å²) >= 11 is 5.75. The van der Waals surface area contributed by atoms with E-state index < -0.39 is 4.92 Å². The molecule has 1 heterocycles. The molecule has 2 aromatic rings. The van der Waals surface area contributed by atoms with E-state index in [1.807, 2.05) is 0 Å². The molecule has 0 unspecified atom stereocenters. The number of hydrogen-bond acceptors (Lipinski definition) is 5. The Morgan fingerprint density at radius 3 is 3.00 bits per heavy atom. The predicted octanol–water partition coefficient (Wildman–Crippen LogP) is 1.63. The SMILES string of the molecule is O=[N+]([O-])c1cc(Cl)ccc1CNCCn1ccnn1. The fourth-order valence-corrected chi connectivity index (χ4v) is 1.79. The van der Waals surface area contributed by atoms with Crippen LogP contribution in [0.4, 0.5) is 5.69 Å². The Morgan fingerprint density at radius 1 is 1.47 bits per heavy atom. The van der Waals surface area contributed by atoms with Gasteiger partial charge in [-0.2, -0.15) is 0 Å². The van der Waals surface area contributed by atoms with E-state index in [1.54, 1.807) is 29.2 Å². The van der Waals surface area contributed by atoms with Crippen LogP contribution in [0.25, 0.3) is 0 Å². The molecule has 0 amide bonds. The van der Waals surface area contributed by atoms with Crippen LogP contribution in [0.1, 0.15) is 5.56 Å². The monoisotopic (exact) mass is 281 g/mol. The Kier molecular flexibility index (Phi) is 4.43. The van der Waals surface area contributed by atoms with E-state index in [4.69, 9.17) is 11.6 Å². The van der Waals surface area contributed by atoms with Gasteiger partial charge in [-0.3, -0.25) is 14.8 Å². The van der Waals surface area contributed by atoms with Crippen molar-refractivity contribution < 1.29 is 4.92 Å². The van der Waals surface area contributed by atoms with Gasteiger partial charge >= 0.3 is 0 Å². The molecule has 1 aromatic carbocycles. The Bertz CT molecular complexity index is 558. The highest BCUT2D eigenvalue weighted by Crippen LogP contribution is 2.22. The fourth-order valence-electron chi connectivity index (χ4n) is 1.63. The van der Waals surface area contributed by atoms with Crippen molar-refractivity contribution in [2.45, 2.75) is 13.1 Å². The van der Waals surface area contributed by atoms with Gasteiger partial charge in [-0.25, -0.2) is 0 Å². The number of benzene rings is 1. The van der Waals surface area contributed by atoms with Gasteiger partial charge in [0, 0.05) is 35.9 Å². The minimum absolute atomic E-state index is 0.0285. The van der Waals surface area contributed by atoms with E-state index in [2.05, 4.69) is 15.6 Å². The van der Waals surface area contributed by atoms with Crippen LogP contribution >= 0.6 is 11.6 Å². The van der Waals surface area contributed by atoms with Crippen molar-refractivity contribution in [1.82, 2.24) is 20.3 Å². The molecule has 1 N–H and O–H groups in total. The van der Waals surface area contributed by atoms with Gasteiger partial charge in [0.25, 0.3) is 5.69 Å². The van der Waals surface area contributed by atoms with Gasteiger partial charge in [-0.1, -0.05) is 16.8 Å². The van der Waals surface area contributed by atoms with E-state index in [0.717, 1.165) is 0 Å². The highest BCUT2D eigenvalue weighted by atomic mass is 35.5. The largest absolute Gasteiger partial charge is 0.311 e. The maximum atomic E-state index is 10.9. The number of hydrogen-bond donors (Lipinski definition) is 1. The summed E-state index contributed by atoms with van der Waals surface area (Å²) in [5.41, 5.74) is 0.633. The lowest BCUT2D eigenvalue weighted by Gasteiger charge is -2.06. The van der Waals surface area contributed by atoms with Crippen molar-refractivity contribution in [1.29, 1.82) is 0 Å². The number of halogens is 1. The van der Waals surface area contributed by atoms with Crippen LogP contribution in [0.5, 0.6) is 0 Å². The average Bonchev–Trinajstić information content (AvgIpc) is 2.89. The third-order valence-corrected chi connectivity index (χ3v) is 2.78. The van der Waals surface area contributed by atoms with E-state index in [-0.39, 0.29) is 5.69 Å². The molecular formula is C11H12ClN5O2. The first-order valence-corrected chi connectivity index (χ1v) is 6.02. The maximum absolute atomic E-state index is 10.9. The summed E-state index contributed by atoms with van der Waals surface area (Å²) < 4.78 is 1.68. The van der Waals surface area contributed by atoms with Crippen LogP contribution in [0.3, 0.4) is 0 Å². The zero-order valence-electron chi connectivity index (χ0n) is 9.99. The molecule has 7 nitrogen and oxygen atoms in total. The van der Waals surface area contributed by atoms with Crippen molar-refractivity contribution in [2.75, 3.05) is 6.54 Å². The topological polar surface area (TPSA) is 85.9 Å². The van der Waals surface area contributed by atoms with E-state index in [9.17, 15) is 10.1 Å². The molecule has 0 aliphatic heterocycles. The first kappa shape index (κ1) is 13.4. The van der Waals surface area contributed by atoms with Gasteiger partial charge < -0.3 is 5.32 Å². The normalized spacial score (nSPS) is 10.6. The molecule has 0 atom stereocenters. The second-order valence-corrected chi connectivity index (χ2v) is 4.31. The van der Waals surface area contributed by atoms with Crippen LogP contribution in [0.15, 0.2) is 30.6 Å². The number of rotatable bonds is 6. The number of nitro benzene ring substituents is 1.